The van der Waals surface area contributed by atoms with Crippen molar-refractivity contribution in [2.75, 3.05) is 20.3 Å². The smallest absolute Gasteiger partial charge is 0.240 e. The lowest BCUT2D eigenvalue weighted by Gasteiger charge is -2.14. The maximum Gasteiger partial charge on any atom is 0.240 e. The predicted octanol–water partition coefficient (Wildman–Crippen LogP) is 1.81. The van der Waals surface area contributed by atoms with Gasteiger partial charge in [0.25, 0.3) is 0 Å². The van der Waals surface area contributed by atoms with Crippen LogP contribution in [0.3, 0.4) is 0 Å². The monoisotopic (exact) mass is 314 g/mol. The van der Waals surface area contributed by atoms with E-state index in [0.29, 0.717) is 37.1 Å². The molecule has 0 radical (unpaired) electrons. The maximum atomic E-state index is 12.3. The van der Waals surface area contributed by atoms with Crippen LogP contribution in [0.25, 0.3) is 0 Å². The molecule has 1 rings (SSSR count). The van der Waals surface area contributed by atoms with Gasteiger partial charge in [0.2, 0.25) is 10.0 Å². The summed E-state index contributed by atoms with van der Waals surface area (Å²) >= 11 is 0. The second kappa shape index (κ2) is 8.48. The molecule has 0 unspecified atom stereocenters. The number of sulfonamides is 1. The Balaban J connectivity index is 2.84. The summed E-state index contributed by atoms with van der Waals surface area (Å²) in [6, 6.07) is 5.74. The summed E-state index contributed by atoms with van der Waals surface area (Å²) in [5, 5.41) is 3.31. The SMILES string of the molecule is COCCCNS(=O)(=O)c1cccc(CNC(C)C)c1C. The Bertz CT molecular complexity index is 542. The largest absolute Gasteiger partial charge is 0.385 e. The number of ether oxygens (including phenoxy) is 1. The van der Waals surface area contributed by atoms with Crippen LogP contribution in [0.15, 0.2) is 23.1 Å². The van der Waals surface area contributed by atoms with Crippen molar-refractivity contribution in [2.24, 2.45) is 0 Å². The van der Waals surface area contributed by atoms with Gasteiger partial charge < -0.3 is 10.1 Å². The van der Waals surface area contributed by atoms with E-state index in [2.05, 4.69) is 23.9 Å². The van der Waals surface area contributed by atoms with Crippen molar-refractivity contribution in [2.45, 2.75) is 44.7 Å². The van der Waals surface area contributed by atoms with Gasteiger partial charge in [0.05, 0.1) is 4.90 Å². The minimum absolute atomic E-state index is 0.350. The minimum atomic E-state index is -3.47. The molecule has 0 saturated carbocycles. The quantitative estimate of drug-likeness (QED) is 0.682. The van der Waals surface area contributed by atoms with Gasteiger partial charge in [-0.15, -0.1) is 0 Å². The molecule has 0 heterocycles. The molecule has 2 N–H and O–H groups in total. The molecule has 0 spiro atoms. The third-order valence-electron chi connectivity index (χ3n) is 3.20. The fourth-order valence-electron chi connectivity index (χ4n) is 1.96. The van der Waals surface area contributed by atoms with E-state index in [-0.39, 0.29) is 0 Å². The van der Waals surface area contributed by atoms with E-state index in [1.165, 1.54) is 0 Å². The number of hydrogen-bond donors (Lipinski definition) is 2. The van der Waals surface area contributed by atoms with Gasteiger partial charge in [-0.3, -0.25) is 0 Å². The van der Waals surface area contributed by atoms with Crippen LogP contribution in [-0.2, 0) is 21.3 Å². The van der Waals surface area contributed by atoms with Crippen LogP contribution < -0.4 is 10.0 Å². The Morgan fingerprint density at radius 2 is 2.00 bits per heavy atom. The van der Waals surface area contributed by atoms with Crippen molar-refractivity contribution in [3.8, 4) is 0 Å². The molecule has 0 aliphatic heterocycles. The molecule has 1 aromatic rings. The van der Waals surface area contributed by atoms with Crippen LogP contribution in [0.4, 0.5) is 0 Å². The Morgan fingerprint density at radius 1 is 1.29 bits per heavy atom. The Morgan fingerprint density at radius 3 is 2.62 bits per heavy atom. The third-order valence-corrected chi connectivity index (χ3v) is 4.81. The first-order chi connectivity index (χ1) is 9.88. The Hall–Kier alpha value is -0.950. The molecule has 6 heteroatoms. The summed E-state index contributed by atoms with van der Waals surface area (Å²) in [4.78, 5) is 0.350. The van der Waals surface area contributed by atoms with Gasteiger partial charge in [-0.1, -0.05) is 26.0 Å². The van der Waals surface area contributed by atoms with Gasteiger partial charge in [-0.05, 0) is 30.5 Å². The van der Waals surface area contributed by atoms with E-state index >= 15 is 0 Å². The summed E-state index contributed by atoms with van der Waals surface area (Å²) < 4.78 is 32.2. The van der Waals surface area contributed by atoms with E-state index in [1.807, 2.05) is 13.0 Å². The topological polar surface area (TPSA) is 67.4 Å². The normalized spacial score (nSPS) is 12.0. The molecule has 0 aliphatic carbocycles. The minimum Gasteiger partial charge on any atom is -0.385 e. The van der Waals surface area contributed by atoms with Crippen molar-refractivity contribution in [1.29, 1.82) is 0 Å². The number of rotatable bonds is 9. The van der Waals surface area contributed by atoms with E-state index < -0.39 is 10.0 Å². The van der Waals surface area contributed by atoms with E-state index in [1.54, 1.807) is 19.2 Å². The van der Waals surface area contributed by atoms with Gasteiger partial charge in [-0.2, -0.15) is 0 Å². The lowest BCUT2D eigenvalue weighted by Crippen LogP contribution is -2.27. The van der Waals surface area contributed by atoms with Gasteiger partial charge >= 0.3 is 0 Å². The van der Waals surface area contributed by atoms with E-state index in [9.17, 15) is 8.42 Å². The summed E-state index contributed by atoms with van der Waals surface area (Å²) in [5.41, 5.74) is 1.80. The molecule has 0 saturated heterocycles. The van der Waals surface area contributed by atoms with Crippen LogP contribution in [0, 0.1) is 6.92 Å². The zero-order valence-electron chi connectivity index (χ0n) is 13.3. The van der Waals surface area contributed by atoms with Crippen LogP contribution >= 0.6 is 0 Å². The van der Waals surface area contributed by atoms with Gasteiger partial charge in [0, 0.05) is 32.8 Å². The Labute approximate surface area is 128 Å². The molecule has 0 bridgehead atoms. The first kappa shape index (κ1) is 18.1. The van der Waals surface area contributed by atoms with Crippen LogP contribution in [0.5, 0.6) is 0 Å². The second-order valence-corrected chi connectivity index (χ2v) is 7.06. The number of nitrogens with one attached hydrogen (secondary N) is 2. The zero-order valence-corrected chi connectivity index (χ0v) is 14.1. The van der Waals surface area contributed by atoms with E-state index in [0.717, 1.165) is 11.1 Å². The highest BCUT2D eigenvalue weighted by molar-refractivity contribution is 7.89. The summed E-state index contributed by atoms with van der Waals surface area (Å²) in [7, 11) is -1.86. The van der Waals surface area contributed by atoms with Crippen molar-refractivity contribution < 1.29 is 13.2 Å². The molecule has 0 atom stereocenters. The summed E-state index contributed by atoms with van der Waals surface area (Å²) in [5.74, 6) is 0. The number of benzene rings is 1. The van der Waals surface area contributed by atoms with Gasteiger partial charge in [0.1, 0.15) is 0 Å². The molecular formula is C15H26N2O3S. The van der Waals surface area contributed by atoms with Crippen molar-refractivity contribution in [1.82, 2.24) is 10.0 Å². The highest BCUT2D eigenvalue weighted by atomic mass is 32.2. The average molecular weight is 314 g/mol. The molecule has 0 amide bonds. The fourth-order valence-corrected chi connectivity index (χ4v) is 3.32. The fraction of sp³-hybridized carbons (Fsp3) is 0.600. The highest BCUT2D eigenvalue weighted by Crippen LogP contribution is 2.19. The van der Waals surface area contributed by atoms with Gasteiger partial charge in [0.15, 0.2) is 0 Å². The molecule has 0 fully saturated rings. The van der Waals surface area contributed by atoms with Crippen LogP contribution in [-0.4, -0.2) is 34.7 Å². The first-order valence-corrected chi connectivity index (χ1v) is 8.67. The van der Waals surface area contributed by atoms with Crippen LogP contribution in [0.2, 0.25) is 0 Å². The van der Waals surface area contributed by atoms with Gasteiger partial charge in [-0.25, -0.2) is 13.1 Å². The Kier molecular flexibility index (Phi) is 7.31. The summed E-state index contributed by atoms with van der Waals surface area (Å²) in [6.07, 6.45) is 0.656. The number of hydrogen-bond acceptors (Lipinski definition) is 4. The zero-order chi connectivity index (χ0) is 15.9. The molecule has 5 nitrogen and oxygen atoms in total. The average Bonchev–Trinajstić information content (AvgIpc) is 2.42. The first-order valence-electron chi connectivity index (χ1n) is 7.19. The molecule has 0 aromatic heterocycles. The molecule has 0 aliphatic rings. The third kappa shape index (κ3) is 5.74. The molecule has 1 aromatic carbocycles. The summed E-state index contributed by atoms with van der Waals surface area (Å²) in [6.45, 7) is 7.56. The van der Waals surface area contributed by atoms with E-state index in [4.69, 9.17) is 4.74 Å². The number of methoxy groups -OCH3 is 1. The molecule has 21 heavy (non-hydrogen) atoms. The van der Waals surface area contributed by atoms with Crippen molar-refractivity contribution >= 4 is 10.0 Å². The highest BCUT2D eigenvalue weighted by Gasteiger charge is 2.17. The lowest BCUT2D eigenvalue weighted by molar-refractivity contribution is 0.196. The van der Waals surface area contributed by atoms with Crippen molar-refractivity contribution in [3.63, 3.8) is 0 Å². The van der Waals surface area contributed by atoms with Crippen LogP contribution in [0.1, 0.15) is 31.4 Å². The molecule has 120 valence electrons. The second-order valence-electron chi connectivity index (χ2n) is 5.32. The molecular weight excluding hydrogens is 288 g/mol. The van der Waals surface area contributed by atoms with Crippen molar-refractivity contribution in [3.05, 3.63) is 29.3 Å². The predicted molar refractivity (Wildman–Crippen MR) is 84.8 cm³/mol. The lowest BCUT2D eigenvalue weighted by atomic mass is 10.1. The standard InChI is InChI=1S/C15H26N2O3S/c1-12(2)16-11-14-7-5-8-15(13(14)3)21(18,19)17-9-6-10-20-4/h5,7-8,12,16-17H,6,9-11H2,1-4H3. The maximum absolute atomic E-state index is 12.3.